The second-order valence-electron chi connectivity index (χ2n) is 7.20. The number of hydrogen-bond donors (Lipinski definition) is 4. The fourth-order valence-corrected chi connectivity index (χ4v) is 3.43. The summed E-state index contributed by atoms with van der Waals surface area (Å²) >= 11 is 0. The standard InChI is InChI=1S/C24H20FN7O/c25-17-7-3-2-6-16(17)22-15(11-14-5-1-4-8-19(14)32-22)12-29-24-21(23(28)30-13-31-24)18(26)9-10-20(27)33/h1-11,13,26H,12H2,(H2,27,33)(H3,28,29,30,31)/p+1/b10-9+,26-18?. The van der Waals surface area contributed by atoms with Crippen LogP contribution in [0.2, 0.25) is 0 Å². The minimum Gasteiger partial charge on any atom is -0.383 e. The monoisotopic (exact) mass is 442 g/mol. The Morgan fingerprint density at radius 2 is 1.85 bits per heavy atom. The fraction of sp³-hybridized carbons (Fsp3) is 0.0417. The lowest BCUT2D eigenvalue weighted by molar-refractivity contribution is -0.114. The number of nitrogens with one attached hydrogen (secondary N) is 1. The summed E-state index contributed by atoms with van der Waals surface area (Å²) in [5.74, 6) is -0.547. The Labute approximate surface area is 188 Å². The van der Waals surface area contributed by atoms with Gasteiger partial charge in [0.15, 0.2) is 0 Å². The molecular weight excluding hydrogens is 421 g/mol. The molecule has 4 rings (SSSR count). The Kier molecular flexibility index (Phi) is 6.03. The lowest BCUT2D eigenvalue weighted by Gasteiger charge is -2.14. The minimum absolute atomic E-state index is 0.130. The number of rotatable bonds is 7. The average Bonchev–Trinajstić information content (AvgIpc) is 2.81. The van der Waals surface area contributed by atoms with Gasteiger partial charge in [-0.15, -0.1) is 0 Å². The zero-order chi connectivity index (χ0) is 23.4. The van der Waals surface area contributed by atoms with Gasteiger partial charge in [0.2, 0.25) is 11.6 Å². The van der Waals surface area contributed by atoms with E-state index in [9.17, 15) is 9.18 Å². The van der Waals surface area contributed by atoms with E-state index in [4.69, 9.17) is 21.9 Å². The van der Waals surface area contributed by atoms with Crippen LogP contribution in [0.3, 0.4) is 0 Å². The molecule has 2 aromatic heterocycles. The van der Waals surface area contributed by atoms with Crippen LogP contribution < -0.4 is 22.2 Å². The Bertz CT molecular complexity index is 1400. The molecule has 0 spiro atoms. The predicted molar refractivity (Wildman–Crippen MR) is 125 cm³/mol. The van der Waals surface area contributed by atoms with E-state index in [1.54, 1.807) is 18.2 Å². The van der Waals surface area contributed by atoms with Crippen LogP contribution in [0.1, 0.15) is 11.1 Å². The summed E-state index contributed by atoms with van der Waals surface area (Å²) in [6.45, 7) is 0.248. The van der Waals surface area contributed by atoms with Gasteiger partial charge in [-0.25, -0.2) is 19.3 Å². The van der Waals surface area contributed by atoms with Gasteiger partial charge in [0.25, 0.3) is 0 Å². The molecule has 0 radical (unpaired) electrons. The maximum absolute atomic E-state index is 14.6. The number of nitrogens with zero attached hydrogens (tertiary/aromatic N) is 3. The number of aromatic nitrogens is 3. The Balaban J connectivity index is 1.75. The van der Waals surface area contributed by atoms with Crippen LogP contribution >= 0.6 is 0 Å². The van der Waals surface area contributed by atoms with Gasteiger partial charge >= 0.3 is 0 Å². The van der Waals surface area contributed by atoms with Gasteiger partial charge in [-0.3, -0.25) is 10.2 Å². The number of carbonyl (C=O) groups excluding carboxylic acids is 1. The van der Waals surface area contributed by atoms with Crippen molar-refractivity contribution in [2.24, 2.45) is 5.73 Å². The summed E-state index contributed by atoms with van der Waals surface area (Å²) in [5.41, 5.74) is 14.0. The number of halogens is 1. The lowest BCUT2D eigenvalue weighted by Crippen LogP contribution is -2.40. The number of pyridine rings is 1. The van der Waals surface area contributed by atoms with E-state index in [0.717, 1.165) is 22.5 Å². The van der Waals surface area contributed by atoms with Crippen molar-refractivity contribution in [3.63, 3.8) is 0 Å². The van der Waals surface area contributed by atoms with Gasteiger partial charge in [0.05, 0.1) is 11.2 Å². The van der Waals surface area contributed by atoms with Crippen LogP contribution in [0, 0.1) is 5.82 Å². The van der Waals surface area contributed by atoms with Gasteiger partial charge in [-0.1, -0.05) is 30.3 Å². The first kappa shape index (κ1) is 21.6. The molecule has 7 N–H and O–H groups in total. The molecule has 4 aromatic rings. The fourth-order valence-electron chi connectivity index (χ4n) is 3.43. The summed E-state index contributed by atoms with van der Waals surface area (Å²) in [7, 11) is 0. The quantitative estimate of drug-likeness (QED) is 0.253. The number of nitrogens with two attached hydrogens (primary N) is 3. The molecule has 0 aliphatic rings. The summed E-state index contributed by atoms with van der Waals surface area (Å²) in [4.78, 5) is 24.0. The van der Waals surface area contributed by atoms with Gasteiger partial charge in [-0.2, -0.15) is 0 Å². The number of nitrogen functional groups attached to an aromatic ring is 1. The second kappa shape index (κ2) is 9.23. The van der Waals surface area contributed by atoms with Crippen LogP contribution in [0.15, 0.2) is 73.1 Å². The van der Waals surface area contributed by atoms with E-state index < -0.39 is 5.91 Å². The third-order valence-corrected chi connectivity index (χ3v) is 4.97. The molecule has 8 nitrogen and oxygen atoms in total. The Morgan fingerprint density at radius 3 is 2.64 bits per heavy atom. The van der Waals surface area contributed by atoms with Crippen molar-refractivity contribution in [3.05, 3.63) is 90.0 Å². The number of carbonyl (C=O) groups is 1. The number of fused-ring (bicyclic) bond motifs is 1. The molecule has 0 fully saturated rings. The highest BCUT2D eigenvalue weighted by molar-refractivity contribution is 6.12. The number of amides is 1. The molecule has 33 heavy (non-hydrogen) atoms. The molecule has 0 atom stereocenters. The normalized spacial score (nSPS) is 11.1. The molecule has 9 heteroatoms. The first-order chi connectivity index (χ1) is 15.9. The molecular formula is C24H21FN7O+. The lowest BCUT2D eigenvalue weighted by atomic mass is 10.0. The number of primary amides is 1. The molecule has 0 aliphatic heterocycles. The van der Waals surface area contributed by atoms with Crippen LogP contribution in [0.4, 0.5) is 16.0 Å². The molecule has 0 saturated carbocycles. The smallest absolute Gasteiger partial charge is 0.241 e. The molecule has 2 heterocycles. The SMILES string of the molecule is NC(=O)/C=C/C(=[NH2+])c1c(N)ncnc1NCc1cc2ccccc2nc1-c1ccccc1F. The molecule has 0 saturated heterocycles. The average molecular weight is 442 g/mol. The van der Waals surface area contributed by atoms with E-state index in [2.05, 4.69) is 15.3 Å². The highest BCUT2D eigenvalue weighted by Gasteiger charge is 2.18. The van der Waals surface area contributed by atoms with Crippen LogP contribution in [0.25, 0.3) is 22.2 Å². The molecule has 0 unspecified atom stereocenters. The van der Waals surface area contributed by atoms with E-state index in [1.165, 1.54) is 18.5 Å². The van der Waals surface area contributed by atoms with Crippen molar-refractivity contribution in [1.82, 2.24) is 15.0 Å². The van der Waals surface area contributed by atoms with Crippen LogP contribution in [0.5, 0.6) is 0 Å². The second-order valence-corrected chi connectivity index (χ2v) is 7.20. The summed E-state index contributed by atoms with van der Waals surface area (Å²) in [6, 6.07) is 16.0. The third kappa shape index (κ3) is 4.67. The largest absolute Gasteiger partial charge is 0.383 e. The van der Waals surface area contributed by atoms with E-state index in [1.807, 2.05) is 30.3 Å². The minimum atomic E-state index is -0.653. The molecule has 2 aromatic carbocycles. The summed E-state index contributed by atoms with van der Waals surface area (Å²) < 4.78 is 14.6. The van der Waals surface area contributed by atoms with Crippen molar-refractivity contribution in [2.45, 2.75) is 6.54 Å². The zero-order valence-corrected chi connectivity index (χ0v) is 17.5. The van der Waals surface area contributed by atoms with Crippen molar-refractivity contribution in [1.29, 1.82) is 0 Å². The van der Waals surface area contributed by atoms with Gasteiger partial charge in [-0.05, 0) is 29.8 Å². The zero-order valence-electron chi connectivity index (χ0n) is 17.5. The molecule has 0 bridgehead atoms. The molecule has 1 amide bonds. The topological polar surface area (TPSA) is 145 Å². The maximum Gasteiger partial charge on any atom is 0.241 e. The van der Waals surface area contributed by atoms with Crippen molar-refractivity contribution in [2.75, 3.05) is 11.1 Å². The first-order valence-corrected chi connectivity index (χ1v) is 10.0. The van der Waals surface area contributed by atoms with Gasteiger partial charge < -0.3 is 16.8 Å². The van der Waals surface area contributed by atoms with Crippen molar-refractivity contribution in [3.8, 4) is 11.3 Å². The summed E-state index contributed by atoms with van der Waals surface area (Å²) in [5, 5.41) is 10.2. The highest BCUT2D eigenvalue weighted by Crippen LogP contribution is 2.29. The van der Waals surface area contributed by atoms with Crippen molar-refractivity contribution >= 4 is 34.2 Å². The number of benzene rings is 2. The number of para-hydroxylation sites is 1. The van der Waals surface area contributed by atoms with Gasteiger partial charge in [0.1, 0.15) is 29.3 Å². The Morgan fingerprint density at radius 1 is 1.09 bits per heavy atom. The maximum atomic E-state index is 14.6. The molecule has 164 valence electrons. The number of hydrogen-bond acceptors (Lipinski definition) is 6. The predicted octanol–water partition coefficient (Wildman–Crippen LogP) is 1.61. The van der Waals surface area contributed by atoms with E-state index in [-0.39, 0.29) is 23.9 Å². The van der Waals surface area contributed by atoms with E-state index >= 15 is 0 Å². The first-order valence-electron chi connectivity index (χ1n) is 10.0. The number of anilines is 2. The van der Waals surface area contributed by atoms with Crippen LogP contribution in [-0.2, 0) is 11.3 Å². The van der Waals surface area contributed by atoms with Gasteiger partial charge in [0, 0.05) is 29.6 Å². The van der Waals surface area contributed by atoms with E-state index in [0.29, 0.717) is 22.6 Å². The highest BCUT2D eigenvalue weighted by atomic mass is 19.1. The third-order valence-electron chi connectivity index (χ3n) is 4.97. The number of allylic oxidation sites excluding steroid dienone is 1. The van der Waals surface area contributed by atoms with Crippen molar-refractivity contribution < 1.29 is 14.6 Å². The molecule has 0 aliphatic carbocycles. The summed E-state index contributed by atoms with van der Waals surface area (Å²) in [6.07, 6.45) is 3.75. The Hall–Kier alpha value is -4.66. The van der Waals surface area contributed by atoms with Crippen LogP contribution in [-0.4, -0.2) is 26.6 Å².